The van der Waals surface area contributed by atoms with Gasteiger partial charge >= 0.3 is 0 Å². The van der Waals surface area contributed by atoms with E-state index in [1.807, 2.05) is 66.9 Å². The molecule has 0 bridgehead atoms. The van der Waals surface area contributed by atoms with Crippen molar-refractivity contribution in [2.45, 2.75) is 32.9 Å². The summed E-state index contributed by atoms with van der Waals surface area (Å²) in [5, 5.41) is 2.85. The van der Waals surface area contributed by atoms with Crippen LogP contribution in [0.15, 0.2) is 79.1 Å². The Kier molecular flexibility index (Phi) is 6.72. The van der Waals surface area contributed by atoms with Crippen molar-refractivity contribution in [3.8, 4) is 11.4 Å². The molecule has 0 aliphatic carbocycles. The maximum atomic E-state index is 13.7. The Bertz CT molecular complexity index is 1570. The smallest absolute Gasteiger partial charge is 0.255 e. The van der Waals surface area contributed by atoms with Crippen molar-refractivity contribution in [1.82, 2.24) is 24.8 Å². The average Bonchev–Trinajstić information content (AvgIpc) is 3.24. The predicted molar refractivity (Wildman–Crippen MR) is 138 cm³/mol. The lowest BCUT2D eigenvalue weighted by atomic mass is 10.0. The third kappa shape index (κ3) is 4.95. The van der Waals surface area contributed by atoms with Crippen molar-refractivity contribution in [2.75, 3.05) is 0 Å². The fraction of sp³-hybridized carbons (Fsp3) is 0.172. The van der Waals surface area contributed by atoms with Crippen molar-refractivity contribution < 1.29 is 13.6 Å². The summed E-state index contributed by atoms with van der Waals surface area (Å²) >= 11 is 0. The summed E-state index contributed by atoms with van der Waals surface area (Å²) in [6, 6.07) is 19.1. The van der Waals surface area contributed by atoms with Crippen LogP contribution < -0.4 is 5.32 Å². The SMILES string of the molecule is CC(C)c1c(C(=O)NCc2ccc(F)c(F)c2)c2ncc(-c3ccccn3)nc2n1Cc1ccccc1. The number of benzene rings is 2. The van der Waals surface area contributed by atoms with E-state index in [0.29, 0.717) is 40.2 Å². The van der Waals surface area contributed by atoms with Crippen LogP contribution in [0.3, 0.4) is 0 Å². The van der Waals surface area contributed by atoms with Gasteiger partial charge in [0.2, 0.25) is 0 Å². The molecule has 186 valence electrons. The van der Waals surface area contributed by atoms with Crippen LogP contribution in [0.5, 0.6) is 0 Å². The number of hydrogen-bond donors (Lipinski definition) is 1. The predicted octanol–water partition coefficient (Wildman–Crippen LogP) is 5.87. The van der Waals surface area contributed by atoms with E-state index in [2.05, 4.69) is 15.3 Å². The first-order chi connectivity index (χ1) is 17.9. The fourth-order valence-corrected chi connectivity index (χ4v) is 4.42. The highest BCUT2D eigenvalue weighted by molar-refractivity contribution is 6.06. The highest BCUT2D eigenvalue weighted by atomic mass is 19.2. The lowest BCUT2D eigenvalue weighted by Crippen LogP contribution is -2.24. The highest BCUT2D eigenvalue weighted by Crippen LogP contribution is 2.31. The van der Waals surface area contributed by atoms with Crippen LogP contribution in [0.4, 0.5) is 8.78 Å². The molecule has 0 spiro atoms. The van der Waals surface area contributed by atoms with Gasteiger partial charge in [-0.25, -0.2) is 18.7 Å². The number of hydrogen-bond acceptors (Lipinski definition) is 4. The summed E-state index contributed by atoms with van der Waals surface area (Å²) in [6.07, 6.45) is 3.31. The van der Waals surface area contributed by atoms with Gasteiger partial charge in [-0.3, -0.25) is 9.78 Å². The Balaban J connectivity index is 1.62. The molecule has 1 N–H and O–H groups in total. The first-order valence-electron chi connectivity index (χ1n) is 12.0. The van der Waals surface area contributed by atoms with Gasteiger partial charge in [0.15, 0.2) is 17.3 Å². The van der Waals surface area contributed by atoms with Crippen LogP contribution in [0.1, 0.15) is 46.9 Å². The number of fused-ring (bicyclic) bond motifs is 1. The molecule has 0 saturated heterocycles. The number of nitrogens with one attached hydrogen (secondary N) is 1. The molecule has 0 fully saturated rings. The van der Waals surface area contributed by atoms with E-state index in [4.69, 9.17) is 4.98 Å². The number of amides is 1. The number of aromatic nitrogens is 4. The van der Waals surface area contributed by atoms with Crippen molar-refractivity contribution in [3.05, 3.63) is 113 Å². The molecule has 0 radical (unpaired) electrons. The van der Waals surface area contributed by atoms with Gasteiger partial charge in [0.05, 0.1) is 17.5 Å². The Morgan fingerprint density at radius 1 is 0.919 bits per heavy atom. The summed E-state index contributed by atoms with van der Waals surface area (Å²) < 4.78 is 29.0. The number of halogens is 2. The van der Waals surface area contributed by atoms with Crippen molar-refractivity contribution in [2.24, 2.45) is 0 Å². The molecule has 5 rings (SSSR count). The molecular weight excluding hydrogens is 472 g/mol. The molecule has 0 unspecified atom stereocenters. The average molecular weight is 498 g/mol. The quantitative estimate of drug-likeness (QED) is 0.305. The monoisotopic (exact) mass is 497 g/mol. The topological polar surface area (TPSA) is 72.7 Å². The van der Waals surface area contributed by atoms with E-state index < -0.39 is 11.6 Å². The van der Waals surface area contributed by atoms with Gasteiger partial charge in [0, 0.05) is 25.0 Å². The third-order valence-corrected chi connectivity index (χ3v) is 6.12. The van der Waals surface area contributed by atoms with Crippen LogP contribution >= 0.6 is 0 Å². The van der Waals surface area contributed by atoms with Crippen LogP contribution in [0, 0.1) is 11.6 Å². The molecule has 2 aromatic carbocycles. The van der Waals surface area contributed by atoms with Crippen molar-refractivity contribution in [3.63, 3.8) is 0 Å². The van der Waals surface area contributed by atoms with Crippen molar-refractivity contribution in [1.29, 1.82) is 0 Å². The lowest BCUT2D eigenvalue weighted by molar-refractivity contribution is 0.0950. The zero-order chi connectivity index (χ0) is 25.9. The maximum Gasteiger partial charge on any atom is 0.255 e. The molecule has 0 atom stereocenters. The van der Waals surface area contributed by atoms with Gasteiger partial charge in [-0.05, 0) is 41.3 Å². The van der Waals surface area contributed by atoms with Gasteiger partial charge in [-0.2, -0.15) is 0 Å². The lowest BCUT2D eigenvalue weighted by Gasteiger charge is -2.15. The second kappa shape index (κ2) is 10.3. The highest BCUT2D eigenvalue weighted by Gasteiger charge is 2.27. The van der Waals surface area contributed by atoms with Gasteiger partial charge in [0.1, 0.15) is 11.2 Å². The van der Waals surface area contributed by atoms with Gasteiger partial charge in [-0.1, -0.05) is 56.3 Å². The Morgan fingerprint density at radius 2 is 1.70 bits per heavy atom. The normalized spacial score (nSPS) is 11.3. The minimum Gasteiger partial charge on any atom is -0.348 e. The Morgan fingerprint density at radius 3 is 2.41 bits per heavy atom. The van der Waals surface area contributed by atoms with E-state index in [0.717, 1.165) is 23.4 Å². The molecule has 3 heterocycles. The molecule has 1 amide bonds. The maximum absolute atomic E-state index is 13.7. The van der Waals surface area contributed by atoms with E-state index in [1.54, 1.807) is 12.4 Å². The number of rotatable bonds is 7. The van der Waals surface area contributed by atoms with E-state index >= 15 is 0 Å². The first-order valence-corrected chi connectivity index (χ1v) is 12.0. The molecule has 6 nitrogen and oxygen atoms in total. The van der Waals surface area contributed by atoms with Crippen LogP contribution in [0.25, 0.3) is 22.6 Å². The molecule has 8 heteroatoms. The number of pyridine rings is 1. The Hall–Kier alpha value is -4.46. The summed E-state index contributed by atoms with van der Waals surface area (Å²) in [6.45, 7) is 4.57. The van der Waals surface area contributed by atoms with E-state index in [-0.39, 0.29) is 18.4 Å². The second-order valence-corrected chi connectivity index (χ2v) is 9.06. The summed E-state index contributed by atoms with van der Waals surface area (Å²) in [5.74, 6) is -2.27. The fourth-order valence-electron chi connectivity index (χ4n) is 4.42. The summed E-state index contributed by atoms with van der Waals surface area (Å²) in [7, 11) is 0. The molecule has 0 saturated carbocycles. The summed E-state index contributed by atoms with van der Waals surface area (Å²) in [5.41, 5.74) is 5.05. The molecule has 37 heavy (non-hydrogen) atoms. The number of carbonyl (C=O) groups is 1. The van der Waals surface area contributed by atoms with Crippen LogP contribution in [0.2, 0.25) is 0 Å². The Labute approximate surface area is 213 Å². The third-order valence-electron chi connectivity index (χ3n) is 6.12. The zero-order valence-corrected chi connectivity index (χ0v) is 20.5. The molecule has 5 aromatic rings. The zero-order valence-electron chi connectivity index (χ0n) is 20.5. The molecule has 3 aromatic heterocycles. The molecule has 0 aliphatic heterocycles. The standard InChI is InChI=1S/C29H25F2N5O/c1-18(2)27-25(29(37)34-15-20-11-12-21(30)22(31)14-20)26-28(36(27)17-19-8-4-3-5-9-19)35-24(16-33-26)23-10-6-7-13-32-23/h3-14,16,18H,15,17H2,1-2H3,(H,34,37). The van der Waals surface area contributed by atoms with Crippen molar-refractivity contribution >= 4 is 17.1 Å². The number of nitrogens with zero attached hydrogens (tertiary/aromatic N) is 4. The molecule has 0 aliphatic rings. The molecular formula is C29H25F2N5O. The minimum atomic E-state index is -0.956. The number of carbonyl (C=O) groups excluding carboxylic acids is 1. The second-order valence-electron chi connectivity index (χ2n) is 9.06. The van der Waals surface area contributed by atoms with Crippen LogP contribution in [-0.2, 0) is 13.1 Å². The van der Waals surface area contributed by atoms with Crippen LogP contribution in [-0.4, -0.2) is 25.4 Å². The van der Waals surface area contributed by atoms with Gasteiger partial charge in [0.25, 0.3) is 5.91 Å². The van der Waals surface area contributed by atoms with Gasteiger partial charge in [-0.15, -0.1) is 0 Å². The van der Waals surface area contributed by atoms with E-state index in [1.165, 1.54) is 6.07 Å². The minimum absolute atomic E-state index is 0.0259. The first kappa shape index (κ1) is 24.2. The summed E-state index contributed by atoms with van der Waals surface area (Å²) in [4.78, 5) is 27.5. The van der Waals surface area contributed by atoms with Gasteiger partial charge < -0.3 is 9.88 Å². The largest absolute Gasteiger partial charge is 0.348 e. The van der Waals surface area contributed by atoms with E-state index in [9.17, 15) is 13.6 Å².